The molecule has 2 aromatic rings. The van der Waals surface area contributed by atoms with Gasteiger partial charge in [0.15, 0.2) is 6.10 Å². The topological polar surface area (TPSA) is 48.1 Å². The molecule has 0 fully saturated rings. The molecule has 0 aliphatic rings. The summed E-state index contributed by atoms with van der Waals surface area (Å²) in [5.74, 6) is 0.895. The Morgan fingerprint density at radius 2 is 1.95 bits per heavy atom. The quantitative estimate of drug-likeness (QED) is 0.906. The Balaban J connectivity index is 2.36. The molecule has 3 nitrogen and oxygen atoms in total. The van der Waals surface area contributed by atoms with Crippen LogP contribution >= 0.6 is 0 Å². The van der Waals surface area contributed by atoms with E-state index < -0.39 is 0 Å². The van der Waals surface area contributed by atoms with E-state index in [9.17, 15) is 0 Å². The number of ether oxygens (including phenoxy) is 1. The highest BCUT2D eigenvalue weighted by Gasteiger charge is 2.22. The van der Waals surface area contributed by atoms with Crippen molar-refractivity contribution in [3.8, 4) is 5.75 Å². The minimum Gasteiger partial charge on any atom is -0.482 e. The Morgan fingerprint density at radius 3 is 2.57 bits per heavy atom. The van der Waals surface area contributed by atoms with Gasteiger partial charge in [-0.15, -0.1) is 0 Å². The molecular formula is C18H24N2O. The van der Waals surface area contributed by atoms with Gasteiger partial charge in [-0.05, 0) is 62.1 Å². The lowest BCUT2D eigenvalue weighted by Crippen LogP contribution is -2.32. The lowest BCUT2D eigenvalue weighted by atomic mass is 10.0. The third kappa shape index (κ3) is 3.61. The Kier molecular flexibility index (Phi) is 4.97. The van der Waals surface area contributed by atoms with Crippen molar-refractivity contribution in [1.82, 2.24) is 4.98 Å². The van der Waals surface area contributed by atoms with E-state index >= 15 is 0 Å². The summed E-state index contributed by atoms with van der Waals surface area (Å²) in [6, 6.07) is 9.99. The molecule has 2 unspecified atom stereocenters. The van der Waals surface area contributed by atoms with Crippen molar-refractivity contribution in [1.29, 1.82) is 0 Å². The molecular weight excluding hydrogens is 260 g/mol. The van der Waals surface area contributed by atoms with Crippen LogP contribution in [0, 0.1) is 20.8 Å². The van der Waals surface area contributed by atoms with E-state index in [4.69, 9.17) is 10.5 Å². The predicted octanol–water partition coefficient (Wildman–Crippen LogP) is 3.86. The first kappa shape index (κ1) is 15.5. The normalized spacial score (nSPS) is 13.8. The Hall–Kier alpha value is -1.87. The van der Waals surface area contributed by atoms with E-state index in [2.05, 4.69) is 44.8 Å². The van der Waals surface area contributed by atoms with Crippen LogP contribution in [0.15, 0.2) is 36.5 Å². The first-order valence-corrected chi connectivity index (χ1v) is 7.44. The fourth-order valence-electron chi connectivity index (χ4n) is 2.39. The van der Waals surface area contributed by atoms with E-state index in [1.165, 1.54) is 11.1 Å². The molecule has 0 saturated carbocycles. The van der Waals surface area contributed by atoms with Gasteiger partial charge in [-0.25, -0.2) is 0 Å². The van der Waals surface area contributed by atoms with Gasteiger partial charge in [0.25, 0.3) is 0 Å². The van der Waals surface area contributed by atoms with Gasteiger partial charge < -0.3 is 10.5 Å². The summed E-state index contributed by atoms with van der Waals surface area (Å²) < 4.78 is 6.26. The number of pyridine rings is 1. The molecule has 2 N–H and O–H groups in total. The lowest BCUT2D eigenvalue weighted by molar-refractivity contribution is 0.165. The first-order valence-electron chi connectivity index (χ1n) is 7.44. The minimum absolute atomic E-state index is 0.0832. The molecule has 2 rings (SSSR count). The van der Waals surface area contributed by atoms with Crippen molar-refractivity contribution in [3.63, 3.8) is 0 Å². The molecule has 0 spiro atoms. The molecule has 1 heterocycles. The Morgan fingerprint density at radius 1 is 1.19 bits per heavy atom. The first-order chi connectivity index (χ1) is 10.0. The molecule has 0 amide bonds. The molecule has 0 radical (unpaired) electrons. The second-order valence-electron chi connectivity index (χ2n) is 5.57. The maximum Gasteiger partial charge on any atom is 0.155 e. The van der Waals surface area contributed by atoms with Crippen LogP contribution in [0.25, 0.3) is 0 Å². The largest absolute Gasteiger partial charge is 0.482 e. The van der Waals surface area contributed by atoms with Crippen molar-refractivity contribution in [2.45, 2.75) is 46.3 Å². The van der Waals surface area contributed by atoms with E-state index in [1.807, 2.05) is 18.2 Å². The Bertz CT molecular complexity index is 596. The van der Waals surface area contributed by atoms with Crippen LogP contribution in [0.4, 0.5) is 0 Å². The third-order valence-electron chi connectivity index (χ3n) is 3.86. The zero-order chi connectivity index (χ0) is 15.4. The van der Waals surface area contributed by atoms with E-state index in [0.29, 0.717) is 0 Å². The van der Waals surface area contributed by atoms with Crippen LogP contribution in [0.5, 0.6) is 5.75 Å². The molecule has 1 aromatic carbocycles. The maximum atomic E-state index is 6.26. The summed E-state index contributed by atoms with van der Waals surface area (Å²) in [6.45, 7) is 8.33. The molecule has 0 aliphatic carbocycles. The molecule has 0 aliphatic heterocycles. The fourth-order valence-corrected chi connectivity index (χ4v) is 2.39. The molecule has 0 bridgehead atoms. The highest BCUT2D eigenvalue weighted by Crippen LogP contribution is 2.29. The van der Waals surface area contributed by atoms with Crippen molar-refractivity contribution in [2.24, 2.45) is 5.73 Å². The number of hydrogen-bond acceptors (Lipinski definition) is 3. The number of rotatable bonds is 5. The molecule has 21 heavy (non-hydrogen) atoms. The predicted molar refractivity (Wildman–Crippen MR) is 86.5 cm³/mol. The maximum absolute atomic E-state index is 6.26. The number of aryl methyl sites for hydroxylation is 2. The van der Waals surface area contributed by atoms with Crippen molar-refractivity contribution < 1.29 is 4.74 Å². The summed E-state index contributed by atoms with van der Waals surface area (Å²) in [5.41, 5.74) is 10.7. The summed E-state index contributed by atoms with van der Waals surface area (Å²) in [4.78, 5) is 4.41. The van der Waals surface area contributed by atoms with Crippen molar-refractivity contribution in [3.05, 3.63) is 58.9 Å². The summed E-state index contributed by atoms with van der Waals surface area (Å²) >= 11 is 0. The van der Waals surface area contributed by atoms with Crippen LogP contribution in [-0.2, 0) is 0 Å². The highest BCUT2D eigenvalue weighted by atomic mass is 16.5. The number of nitrogens with two attached hydrogens (primary N) is 1. The van der Waals surface area contributed by atoms with Crippen LogP contribution in [0.1, 0.15) is 41.8 Å². The molecule has 0 saturated heterocycles. The van der Waals surface area contributed by atoms with Crippen LogP contribution in [0.2, 0.25) is 0 Å². The zero-order valence-corrected chi connectivity index (χ0v) is 13.3. The van der Waals surface area contributed by atoms with E-state index in [0.717, 1.165) is 23.4 Å². The standard InChI is InChI=1S/C18H24N2O/c1-5-15(19)18(16-8-6-7-9-20-16)21-17-11-12(2)10-13(3)14(17)4/h6-11,15,18H,5,19H2,1-4H3. The van der Waals surface area contributed by atoms with Gasteiger partial charge in [-0.2, -0.15) is 0 Å². The van der Waals surface area contributed by atoms with Gasteiger partial charge >= 0.3 is 0 Å². The van der Waals surface area contributed by atoms with E-state index in [-0.39, 0.29) is 12.1 Å². The SMILES string of the molecule is CCC(N)C(Oc1cc(C)cc(C)c1C)c1ccccn1. The second kappa shape index (κ2) is 6.72. The van der Waals surface area contributed by atoms with Crippen molar-refractivity contribution >= 4 is 0 Å². The van der Waals surface area contributed by atoms with Gasteiger partial charge in [-0.1, -0.05) is 19.1 Å². The molecule has 3 heteroatoms. The van der Waals surface area contributed by atoms with Gasteiger partial charge in [-0.3, -0.25) is 4.98 Å². The fraction of sp³-hybridized carbons (Fsp3) is 0.389. The number of benzene rings is 1. The minimum atomic E-state index is -0.226. The van der Waals surface area contributed by atoms with Gasteiger partial charge in [0.05, 0.1) is 5.69 Å². The summed E-state index contributed by atoms with van der Waals surface area (Å²) in [6.07, 6.45) is 2.39. The van der Waals surface area contributed by atoms with Crippen molar-refractivity contribution in [2.75, 3.05) is 0 Å². The third-order valence-corrected chi connectivity index (χ3v) is 3.86. The number of hydrogen-bond donors (Lipinski definition) is 1. The van der Waals surface area contributed by atoms with Crippen LogP contribution in [0.3, 0.4) is 0 Å². The van der Waals surface area contributed by atoms with E-state index in [1.54, 1.807) is 6.20 Å². The smallest absolute Gasteiger partial charge is 0.155 e. The van der Waals surface area contributed by atoms with Gasteiger partial charge in [0.2, 0.25) is 0 Å². The summed E-state index contributed by atoms with van der Waals surface area (Å²) in [5, 5.41) is 0. The zero-order valence-electron chi connectivity index (χ0n) is 13.3. The highest BCUT2D eigenvalue weighted by molar-refractivity contribution is 5.42. The molecule has 2 atom stereocenters. The van der Waals surface area contributed by atoms with Gasteiger partial charge in [0, 0.05) is 12.2 Å². The number of aromatic nitrogens is 1. The average Bonchev–Trinajstić information content (AvgIpc) is 2.49. The van der Waals surface area contributed by atoms with Gasteiger partial charge in [0.1, 0.15) is 5.75 Å². The molecule has 112 valence electrons. The Labute approximate surface area is 127 Å². The summed E-state index contributed by atoms with van der Waals surface area (Å²) in [7, 11) is 0. The van der Waals surface area contributed by atoms with Crippen LogP contribution < -0.4 is 10.5 Å². The second-order valence-corrected chi connectivity index (χ2v) is 5.57. The monoisotopic (exact) mass is 284 g/mol. The lowest BCUT2D eigenvalue weighted by Gasteiger charge is -2.25. The number of nitrogens with zero attached hydrogens (tertiary/aromatic N) is 1. The van der Waals surface area contributed by atoms with Crippen LogP contribution in [-0.4, -0.2) is 11.0 Å². The molecule has 1 aromatic heterocycles. The average molecular weight is 284 g/mol.